The predicted molar refractivity (Wildman–Crippen MR) is 77.5 cm³/mol. The topological polar surface area (TPSA) is 45.2 Å². The average Bonchev–Trinajstić information content (AvgIpc) is 2.45. The van der Waals surface area contributed by atoms with Gasteiger partial charge in [-0.15, -0.1) is 0 Å². The lowest BCUT2D eigenvalue weighted by atomic mass is 10.00. The van der Waals surface area contributed by atoms with E-state index in [1.807, 2.05) is 19.1 Å². The molecule has 1 unspecified atom stereocenters. The molecule has 4 heteroatoms. The highest BCUT2D eigenvalue weighted by molar-refractivity contribution is 5.93. The second-order valence-electron chi connectivity index (χ2n) is 5.35. The molecule has 0 bridgehead atoms. The Morgan fingerprint density at radius 1 is 1.58 bits per heavy atom. The summed E-state index contributed by atoms with van der Waals surface area (Å²) in [5.41, 5.74) is 1.63. The van der Waals surface area contributed by atoms with E-state index in [9.17, 15) is 4.79 Å². The lowest BCUT2D eigenvalue weighted by molar-refractivity contribution is 0.0948. The molecule has 2 rings (SSSR count). The summed E-state index contributed by atoms with van der Waals surface area (Å²) in [6.45, 7) is 7.16. The van der Waals surface area contributed by atoms with Gasteiger partial charge in [0.25, 0.3) is 5.91 Å². The summed E-state index contributed by atoms with van der Waals surface area (Å²) in [5, 5.41) is 2.87. The lowest BCUT2D eigenvalue weighted by Gasteiger charge is -2.32. The fourth-order valence-corrected chi connectivity index (χ4v) is 2.49. The number of hydrogen-bond donors (Lipinski definition) is 1. The molecule has 1 aromatic rings. The minimum Gasteiger partial charge on any atom is -0.371 e. The van der Waals surface area contributed by atoms with Crippen molar-refractivity contribution < 1.29 is 4.79 Å². The largest absolute Gasteiger partial charge is 0.371 e. The zero-order valence-corrected chi connectivity index (χ0v) is 11.9. The Morgan fingerprint density at radius 2 is 2.42 bits per heavy atom. The molecule has 0 radical (unpaired) electrons. The van der Waals surface area contributed by atoms with Crippen LogP contribution in [-0.2, 0) is 0 Å². The van der Waals surface area contributed by atoms with Gasteiger partial charge in [-0.1, -0.05) is 13.8 Å². The summed E-state index contributed by atoms with van der Waals surface area (Å²) in [7, 11) is 0. The number of amides is 1. The third-order valence-corrected chi connectivity index (χ3v) is 3.53. The van der Waals surface area contributed by atoms with Crippen LogP contribution in [0.25, 0.3) is 0 Å². The third kappa shape index (κ3) is 3.69. The number of carbonyl (C=O) groups is 1. The van der Waals surface area contributed by atoms with Gasteiger partial charge in [-0.2, -0.15) is 0 Å². The Hall–Kier alpha value is -1.58. The molecular weight excluding hydrogens is 238 g/mol. The number of rotatable bonds is 4. The van der Waals surface area contributed by atoms with Crippen LogP contribution in [0.1, 0.15) is 43.6 Å². The fraction of sp³-hybridized carbons (Fsp3) is 0.600. The van der Waals surface area contributed by atoms with Gasteiger partial charge in [0.15, 0.2) is 0 Å². The van der Waals surface area contributed by atoms with Crippen LogP contribution < -0.4 is 10.2 Å². The fourth-order valence-electron chi connectivity index (χ4n) is 2.49. The number of carbonyl (C=O) groups excluding carboxylic acids is 1. The molecule has 1 aliphatic heterocycles. The Balaban J connectivity index is 2.08. The van der Waals surface area contributed by atoms with Crippen molar-refractivity contribution in [3.8, 4) is 0 Å². The van der Waals surface area contributed by atoms with Crippen molar-refractivity contribution in [2.24, 2.45) is 5.92 Å². The smallest absolute Gasteiger partial charge is 0.269 e. The highest BCUT2D eigenvalue weighted by Crippen LogP contribution is 2.22. The Kier molecular flexibility index (Phi) is 4.77. The SMILES string of the molecule is CCCNC(=O)c1cc(N2CCCC(C)C2)ccn1. The molecule has 2 heterocycles. The molecule has 1 saturated heterocycles. The molecule has 1 fully saturated rings. The molecular formula is C15H23N3O. The van der Waals surface area contributed by atoms with Crippen molar-refractivity contribution in [1.29, 1.82) is 0 Å². The quantitative estimate of drug-likeness (QED) is 0.905. The minimum atomic E-state index is -0.0752. The van der Waals surface area contributed by atoms with Crippen LogP contribution in [0.15, 0.2) is 18.3 Å². The normalized spacial score (nSPS) is 19.3. The molecule has 1 atom stereocenters. The van der Waals surface area contributed by atoms with Crippen LogP contribution in [0.3, 0.4) is 0 Å². The van der Waals surface area contributed by atoms with E-state index in [2.05, 4.69) is 22.1 Å². The Morgan fingerprint density at radius 3 is 3.16 bits per heavy atom. The van der Waals surface area contributed by atoms with Crippen molar-refractivity contribution in [2.45, 2.75) is 33.1 Å². The maximum atomic E-state index is 11.9. The molecule has 1 aromatic heterocycles. The minimum absolute atomic E-state index is 0.0752. The van der Waals surface area contributed by atoms with Crippen LogP contribution in [0.4, 0.5) is 5.69 Å². The molecule has 0 spiro atoms. The summed E-state index contributed by atoms with van der Waals surface area (Å²) in [5.74, 6) is 0.646. The number of nitrogens with one attached hydrogen (secondary N) is 1. The number of anilines is 1. The van der Waals surface area contributed by atoms with Gasteiger partial charge in [0.1, 0.15) is 5.69 Å². The van der Waals surface area contributed by atoms with Crippen LogP contribution >= 0.6 is 0 Å². The van der Waals surface area contributed by atoms with Gasteiger partial charge in [0.05, 0.1) is 0 Å². The van der Waals surface area contributed by atoms with Gasteiger partial charge < -0.3 is 10.2 Å². The highest BCUT2D eigenvalue weighted by Gasteiger charge is 2.17. The number of pyridine rings is 1. The first-order valence-electron chi connectivity index (χ1n) is 7.20. The number of aromatic nitrogens is 1. The molecule has 1 amide bonds. The maximum absolute atomic E-state index is 11.9. The summed E-state index contributed by atoms with van der Waals surface area (Å²) in [6, 6.07) is 3.90. The number of nitrogens with zero attached hydrogens (tertiary/aromatic N) is 2. The van der Waals surface area contributed by atoms with E-state index in [1.54, 1.807) is 6.20 Å². The first-order chi connectivity index (χ1) is 9.20. The zero-order valence-electron chi connectivity index (χ0n) is 11.9. The van der Waals surface area contributed by atoms with Gasteiger partial charge in [0.2, 0.25) is 0 Å². The molecule has 1 N–H and O–H groups in total. The van der Waals surface area contributed by atoms with Gasteiger partial charge in [-0.25, -0.2) is 0 Å². The van der Waals surface area contributed by atoms with E-state index >= 15 is 0 Å². The van der Waals surface area contributed by atoms with Gasteiger partial charge >= 0.3 is 0 Å². The van der Waals surface area contributed by atoms with Crippen LogP contribution in [0, 0.1) is 5.92 Å². The number of piperidine rings is 1. The standard InChI is InChI=1S/C15H23N3O/c1-3-7-17-15(19)14-10-13(6-8-16-14)18-9-4-5-12(2)11-18/h6,8,10,12H,3-5,7,9,11H2,1-2H3,(H,17,19). The van der Waals surface area contributed by atoms with Crippen molar-refractivity contribution in [1.82, 2.24) is 10.3 Å². The second kappa shape index (κ2) is 6.55. The Bertz CT molecular complexity index is 433. The van der Waals surface area contributed by atoms with Gasteiger partial charge in [0, 0.05) is 31.5 Å². The maximum Gasteiger partial charge on any atom is 0.269 e. The first kappa shape index (κ1) is 13.8. The second-order valence-corrected chi connectivity index (χ2v) is 5.35. The van der Waals surface area contributed by atoms with Gasteiger partial charge in [-0.3, -0.25) is 9.78 Å². The van der Waals surface area contributed by atoms with Gasteiger partial charge in [-0.05, 0) is 37.3 Å². The summed E-state index contributed by atoms with van der Waals surface area (Å²) in [6.07, 6.45) is 5.19. The van der Waals surface area contributed by atoms with Crippen LogP contribution in [-0.4, -0.2) is 30.5 Å². The first-order valence-corrected chi connectivity index (χ1v) is 7.20. The van der Waals surface area contributed by atoms with E-state index < -0.39 is 0 Å². The van der Waals surface area contributed by atoms with E-state index in [4.69, 9.17) is 0 Å². The summed E-state index contributed by atoms with van der Waals surface area (Å²) >= 11 is 0. The molecule has 0 aliphatic carbocycles. The van der Waals surface area contributed by atoms with Crippen LogP contribution in [0.2, 0.25) is 0 Å². The monoisotopic (exact) mass is 261 g/mol. The molecule has 19 heavy (non-hydrogen) atoms. The third-order valence-electron chi connectivity index (χ3n) is 3.53. The molecule has 104 valence electrons. The molecule has 0 saturated carbocycles. The Labute approximate surface area is 115 Å². The van der Waals surface area contributed by atoms with E-state index in [0.29, 0.717) is 12.2 Å². The van der Waals surface area contributed by atoms with E-state index in [1.165, 1.54) is 12.8 Å². The van der Waals surface area contributed by atoms with Crippen LogP contribution in [0.5, 0.6) is 0 Å². The molecule has 1 aliphatic rings. The predicted octanol–water partition coefficient (Wildman–Crippen LogP) is 2.46. The highest BCUT2D eigenvalue weighted by atomic mass is 16.1. The van der Waals surface area contributed by atoms with Crippen molar-refractivity contribution in [2.75, 3.05) is 24.5 Å². The van der Waals surface area contributed by atoms with Crippen molar-refractivity contribution in [3.63, 3.8) is 0 Å². The van der Waals surface area contributed by atoms with E-state index in [-0.39, 0.29) is 5.91 Å². The summed E-state index contributed by atoms with van der Waals surface area (Å²) in [4.78, 5) is 18.4. The molecule has 0 aromatic carbocycles. The lowest BCUT2D eigenvalue weighted by Crippen LogP contribution is -2.34. The summed E-state index contributed by atoms with van der Waals surface area (Å²) < 4.78 is 0. The average molecular weight is 261 g/mol. The van der Waals surface area contributed by atoms with Crippen molar-refractivity contribution in [3.05, 3.63) is 24.0 Å². The van der Waals surface area contributed by atoms with Crippen molar-refractivity contribution >= 4 is 11.6 Å². The number of hydrogen-bond acceptors (Lipinski definition) is 3. The van der Waals surface area contributed by atoms with E-state index in [0.717, 1.165) is 31.1 Å². The molecule has 4 nitrogen and oxygen atoms in total. The zero-order chi connectivity index (χ0) is 13.7.